The topological polar surface area (TPSA) is 52.6 Å². The highest BCUT2D eigenvalue weighted by Crippen LogP contribution is 2.47. The van der Waals surface area contributed by atoms with Gasteiger partial charge < -0.3 is 9.05 Å². The molecule has 1 aliphatic carbocycles. The van der Waals surface area contributed by atoms with Gasteiger partial charge in [-0.1, -0.05) is 11.1 Å². The molecule has 0 N–H and O–H groups in total. The van der Waals surface area contributed by atoms with Crippen LogP contribution in [-0.4, -0.2) is 26.2 Å². The molecule has 104 valence electrons. The van der Waals surface area contributed by atoms with Gasteiger partial charge in [0.05, 0.1) is 0 Å². The molecule has 0 atom stereocenters. The van der Waals surface area contributed by atoms with Crippen LogP contribution in [0.2, 0.25) is 0 Å². The number of allylic oxidation sites excluding steroid dienone is 2. The standard InChI is InChI=1S/C13H23O4P/c1-10(2)11-5-7-12(8-6-11)13(14)9-18(15,16-3)17-4/h12H,5-9H2,1-4H3. The minimum atomic E-state index is -3.20. The Labute approximate surface area is 109 Å². The molecule has 1 rings (SSSR count). The zero-order chi connectivity index (χ0) is 13.8. The predicted molar refractivity (Wildman–Crippen MR) is 71.8 cm³/mol. The second-order valence-corrected chi connectivity index (χ2v) is 7.25. The van der Waals surface area contributed by atoms with Crippen molar-refractivity contribution in [2.75, 3.05) is 20.4 Å². The first-order valence-electron chi connectivity index (χ1n) is 6.30. The van der Waals surface area contributed by atoms with E-state index in [0.717, 1.165) is 25.7 Å². The van der Waals surface area contributed by atoms with E-state index >= 15 is 0 Å². The molecule has 1 aliphatic rings. The molecular weight excluding hydrogens is 251 g/mol. The van der Waals surface area contributed by atoms with Crippen LogP contribution in [0, 0.1) is 5.92 Å². The minimum Gasteiger partial charge on any atom is -0.312 e. The second-order valence-electron chi connectivity index (χ2n) is 4.98. The van der Waals surface area contributed by atoms with Crippen molar-refractivity contribution >= 4 is 13.4 Å². The second kappa shape index (κ2) is 6.65. The van der Waals surface area contributed by atoms with Gasteiger partial charge in [0.2, 0.25) is 0 Å². The number of hydrogen-bond acceptors (Lipinski definition) is 4. The lowest BCUT2D eigenvalue weighted by Crippen LogP contribution is -2.22. The molecule has 0 radical (unpaired) electrons. The third-order valence-electron chi connectivity index (χ3n) is 3.66. The summed E-state index contributed by atoms with van der Waals surface area (Å²) in [6, 6.07) is 0. The van der Waals surface area contributed by atoms with E-state index in [0.29, 0.717) is 0 Å². The van der Waals surface area contributed by atoms with Crippen molar-refractivity contribution in [1.82, 2.24) is 0 Å². The summed E-state index contributed by atoms with van der Waals surface area (Å²) < 4.78 is 21.5. The Hall–Kier alpha value is -0.440. The molecular formula is C13H23O4P. The minimum absolute atomic E-state index is 0.00623. The Morgan fingerprint density at radius 1 is 1.22 bits per heavy atom. The molecule has 0 saturated heterocycles. The van der Waals surface area contributed by atoms with Crippen LogP contribution in [0.25, 0.3) is 0 Å². The fourth-order valence-corrected chi connectivity index (χ4v) is 3.36. The monoisotopic (exact) mass is 274 g/mol. The summed E-state index contributed by atoms with van der Waals surface area (Å²) in [6.07, 6.45) is 3.56. The summed E-state index contributed by atoms with van der Waals surface area (Å²) in [5, 5.41) is 0. The lowest BCUT2D eigenvalue weighted by molar-refractivity contribution is -0.121. The molecule has 18 heavy (non-hydrogen) atoms. The molecule has 5 heteroatoms. The molecule has 1 saturated carbocycles. The lowest BCUT2D eigenvalue weighted by atomic mass is 9.82. The third-order valence-corrected chi connectivity index (χ3v) is 5.47. The summed E-state index contributed by atoms with van der Waals surface area (Å²) in [7, 11) is -0.561. The van der Waals surface area contributed by atoms with Gasteiger partial charge in [0.15, 0.2) is 0 Å². The Kier molecular flexibility index (Phi) is 5.77. The van der Waals surface area contributed by atoms with Crippen molar-refractivity contribution in [3.63, 3.8) is 0 Å². The highest BCUT2D eigenvalue weighted by atomic mass is 31.2. The molecule has 1 fully saturated rings. The van der Waals surface area contributed by atoms with Gasteiger partial charge in [-0.3, -0.25) is 9.36 Å². The number of rotatable bonds is 5. The van der Waals surface area contributed by atoms with Crippen LogP contribution in [0.3, 0.4) is 0 Å². The van der Waals surface area contributed by atoms with Crippen molar-refractivity contribution in [2.45, 2.75) is 39.5 Å². The average molecular weight is 274 g/mol. The Bertz CT molecular complexity index is 364. The molecule has 0 aromatic carbocycles. The summed E-state index contributed by atoms with van der Waals surface area (Å²) in [5.74, 6) is 0.0153. The molecule has 0 aromatic heterocycles. The highest BCUT2D eigenvalue weighted by Gasteiger charge is 2.31. The number of hydrogen-bond donors (Lipinski definition) is 0. The van der Waals surface area contributed by atoms with E-state index in [2.05, 4.69) is 13.8 Å². The molecule has 0 spiro atoms. The Balaban J connectivity index is 2.56. The summed E-state index contributed by atoms with van der Waals surface area (Å²) in [5.41, 5.74) is 2.82. The van der Waals surface area contributed by atoms with E-state index in [1.54, 1.807) is 0 Å². The van der Waals surface area contributed by atoms with Gasteiger partial charge in [0.25, 0.3) is 0 Å². The molecule has 0 bridgehead atoms. The summed E-state index contributed by atoms with van der Waals surface area (Å²) in [4.78, 5) is 12.1. The van der Waals surface area contributed by atoms with Gasteiger partial charge in [-0.15, -0.1) is 0 Å². The number of carbonyl (C=O) groups is 1. The van der Waals surface area contributed by atoms with E-state index in [-0.39, 0.29) is 17.9 Å². The van der Waals surface area contributed by atoms with Gasteiger partial charge in [0.1, 0.15) is 11.9 Å². The van der Waals surface area contributed by atoms with E-state index < -0.39 is 7.60 Å². The van der Waals surface area contributed by atoms with Crippen molar-refractivity contribution in [3.05, 3.63) is 11.1 Å². The quantitative estimate of drug-likeness (QED) is 0.568. The molecule has 0 heterocycles. The first-order chi connectivity index (χ1) is 8.41. The largest absolute Gasteiger partial charge is 0.337 e. The molecule has 4 nitrogen and oxygen atoms in total. The van der Waals surface area contributed by atoms with E-state index in [1.807, 2.05) is 0 Å². The van der Waals surface area contributed by atoms with Crippen LogP contribution >= 0.6 is 7.60 Å². The maximum Gasteiger partial charge on any atom is 0.337 e. The zero-order valence-corrected chi connectivity index (χ0v) is 12.6. The van der Waals surface area contributed by atoms with E-state index in [9.17, 15) is 9.36 Å². The zero-order valence-electron chi connectivity index (χ0n) is 11.7. The Morgan fingerprint density at radius 2 is 1.72 bits per heavy atom. The number of ketones is 1. The van der Waals surface area contributed by atoms with Gasteiger partial charge in [-0.05, 0) is 39.5 Å². The molecule has 0 aromatic rings. The van der Waals surface area contributed by atoms with Gasteiger partial charge in [-0.25, -0.2) is 0 Å². The van der Waals surface area contributed by atoms with Crippen LogP contribution in [-0.2, 0) is 18.4 Å². The van der Waals surface area contributed by atoms with Crippen molar-refractivity contribution in [3.8, 4) is 0 Å². The van der Waals surface area contributed by atoms with Crippen LogP contribution in [0.4, 0.5) is 0 Å². The van der Waals surface area contributed by atoms with Crippen LogP contribution < -0.4 is 0 Å². The Morgan fingerprint density at radius 3 is 2.11 bits per heavy atom. The lowest BCUT2D eigenvalue weighted by Gasteiger charge is -2.25. The third kappa shape index (κ3) is 4.04. The van der Waals surface area contributed by atoms with Crippen molar-refractivity contribution in [1.29, 1.82) is 0 Å². The smallest absolute Gasteiger partial charge is 0.312 e. The van der Waals surface area contributed by atoms with Crippen LogP contribution in [0.5, 0.6) is 0 Å². The number of Topliss-reactive ketones (excluding diaryl/α,β-unsaturated/α-hetero) is 1. The van der Waals surface area contributed by atoms with E-state index in [4.69, 9.17) is 9.05 Å². The average Bonchev–Trinajstić information content (AvgIpc) is 2.38. The molecule has 0 amide bonds. The van der Waals surface area contributed by atoms with Crippen LogP contribution in [0.1, 0.15) is 39.5 Å². The summed E-state index contributed by atoms with van der Waals surface area (Å²) >= 11 is 0. The fourth-order valence-electron chi connectivity index (χ4n) is 2.31. The van der Waals surface area contributed by atoms with Crippen molar-refractivity contribution in [2.24, 2.45) is 5.92 Å². The molecule has 0 unspecified atom stereocenters. The first kappa shape index (κ1) is 15.6. The van der Waals surface area contributed by atoms with Crippen molar-refractivity contribution < 1.29 is 18.4 Å². The fraction of sp³-hybridized carbons (Fsp3) is 0.769. The molecule has 0 aliphatic heterocycles. The first-order valence-corrected chi connectivity index (χ1v) is 8.03. The highest BCUT2D eigenvalue weighted by molar-refractivity contribution is 7.54. The van der Waals surface area contributed by atoms with Crippen LogP contribution in [0.15, 0.2) is 11.1 Å². The number of carbonyl (C=O) groups excluding carboxylic acids is 1. The normalized spacial score (nSPS) is 20.9. The maximum absolute atomic E-state index is 12.1. The van der Waals surface area contributed by atoms with Gasteiger partial charge in [0, 0.05) is 20.1 Å². The van der Waals surface area contributed by atoms with Gasteiger partial charge in [-0.2, -0.15) is 0 Å². The van der Waals surface area contributed by atoms with E-state index in [1.165, 1.54) is 25.4 Å². The summed E-state index contributed by atoms with van der Waals surface area (Å²) in [6.45, 7) is 4.23. The maximum atomic E-state index is 12.1. The predicted octanol–water partition coefficient (Wildman–Crippen LogP) is 3.57. The van der Waals surface area contributed by atoms with Gasteiger partial charge >= 0.3 is 7.60 Å². The SMILES string of the molecule is COP(=O)(CC(=O)C1CCC(=C(C)C)CC1)OC.